The number of hydrazine groups is 1. The predicted molar refractivity (Wildman–Crippen MR) is 98.4 cm³/mol. The molecule has 1 aliphatic carbocycles. The lowest BCUT2D eigenvalue weighted by Gasteiger charge is -2.37. The summed E-state index contributed by atoms with van der Waals surface area (Å²) in [7, 11) is 0. The first-order valence-corrected chi connectivity index (χ1v) is 9.24. The monoisotopic (exact) mass is 321 g/mol. The van der Waals surface area contributed by atoms with Crippen LogP contribution < -0.4 is 10.9 Å². The van der Waals surface area contributed by atoms with Gasteiger partial charge in [-0.25, -0.2) is 5.43 Å². The minimum Gasteiger partial charge on any atom is -0.283 e. The molecule has 1 unspecified atom stereocenters. The van der Waals surface area contributed by atoms with E-state index in [0.29, 0.717) is 12.2 Å². The van der Waals surface area contributed by atoms with Crippen molar-refractivity contribution in [3.8, 4) is 0 Å². The van der Waals surface area contributed by atoms with Crippen molar-refractivity contribution in [1.29, 1.82) is 0 Å². The molecule has 2 aromatic carbocycles. The van der Waals surface area contributed by atoms with E-state index in [1.807, 2.05) is 0 Å². The summed E-state index contributed by atoms with van der Waals surface area (Å²) in [4.78, 5) is 2.58. The van der Waals surface area contributed by atoms with Crippen LogP contribution in [0.25, 0.3) is 0 Å². The Balaban J connectivity index is 1.33. The van der Waals surface area contributed by atoms with E-state index in [2.05, 4.69) is 70.3 Å². The third-order valence-corrected chi connectivity index (χ3v) is 5.35. The van der Waals surface area contributed by atoms with Crippen molar-refractivity contribution in [1.82, 2.24) is 15.8 Å². The van der Waals surface area contributed by atoms with E-state index in [9.17, 15) is 0 Å². The van der Waals surface area contributed by atoms with Crippen molar-refractivity contribution in [3.63, 3.8) is 0 Å². The predicted octanol–water partition coefficient (Wildman–Crippen LogP) is 3.26. The molecule has 1 aliphatic heterocycles. The minimum absolute atomic E-state index is 0.433. The van der Waals surface area contributed by atoms with E-state index >= 15 is 0 Å². The van der Waals surface area contributed by atoms with Crippen molar-refractivity contribution >= 4 is 0 Å². The summed E-state index contributed by atoms with van der Waals surface area (Å²) in [5.41, 5.74) is 11.7. The summed E-state index contributed by atoms with van der Waals surface area (Å²) in [5.74, 6) is 0. The maximum absolute atomic E-state index is 3.64. The van der Waals surface area contributed by atoms with Gasteiger partial charge in [-0.15, -0.1) is 0 Å². The maximum atomic E-state index is 3.64. The van der Waals surface area contributed by atoms with Crippen LogP contribution in [-0.2, 0) is 19.4 Å². The van der Waals surface area contributed by atoms with Crippen molar-refractivity contribution < 1.29 is 0 Å². The van der Waals surface area contributed by atoms with Crippen LogP contribution in [-0.4, -0.2) is 23.7 Å². The molecular weight excluding hydrogens is 294 g/mol. The van der Waals surface area contributed by atoms with Crippen LogP contribution in [0.1, 0.15) is 36.0 Å². The molecule has 4 rings (SSSR count). The molecule has 3 nitrogen and oxygen atoms in total. The largest absolute Gasteiger partial charge is 0.283 e. The number of piperidine rings is 1. The molecule has 1 saturated heterocycles. The molecule has 0 bridgehead atoms. The first kappa shape index (κ1) is 15.8. The number of hydrogen-bond donors (Lipinski definition) is 2. The Morgan fingerprint density at radius 2 is 1.54 bits per heavy atom. The standard InChI is InChI=1S/C21H27N3/c1-2-8-17(9-3-1)16-24-13-7-6-12-21(24)23-22-20-14-18-10-4-5-11-19(18)15-20/h1-5,8-11,20-23H,6-7,12-16H2. The van der Waals surface area contributed by atoms with E-state index < -0.39 is 0 Å². The van der Waals surface area contributed by atoms with Crippen molar-refractivity contribution in [3.05, 3.63) is 71.3 Å². The average molecular weight is 321 g/mol. The molecule has 2 aromatic rings. The smallest absolute Gasteiger partial charge is 0.0731 e. The van der Waals surface area contributed by atoms with Crippen LogP contribution in [0.4, 0.5) is 0 Å². The Kier molecular flexibility index (Phi) is 4.93. The Hall–Kier alpha value is -1.68. The topological polar surface area (TPSA) is 27.3 Å². The van der Waals surface area contributed by atoms with Crippen molar-refractivity contribution in [2.45, 2.75) is 50.9 Å². The molecule has 24 heavy (non-hydrogen) atoms. The van der Waals surface area contributed by atoms with Gasteiger partial charge >= 0.3 is 0 Å². The molecule has 1 fully saturated rings. The van der Waals surface area contributed by atoms with Crippen molar-refractivity contribution in [2.75, 3.05) is 6.54 Å². The van der Waals surface area contributed by atoms with E-state index in [-0.39, 0.29) is 0 Å². The fourth-order valence-electron chi connectivity index (χ4n) is 4.04. The zero-order chi connectivity index (χ0) is 16.2. The van der Waals surface area contributed by atoms with Crippen LogP contribution in [0.2, 0.25) is 0 Å². The highest BCUT2D eigenvalue weighted by Crippen LogP contribution is 2.22. The second-order valence-electron chi connectivity index (χ2n) is 7.13. The number of likely N-dealkylation sites (tertiary alicyclic amines) is 1. The number of hydrogen-bond acceptors (Lipinski definition) is 3. The lowest BCUT2D eigenvalue weighted by atomic mass is 10.1. The minimum atomic E-state index is 0.433. The second-order valence-corrected chi connectivity index (χ2v) is 7.13. The molecule has 2 N–H and O–H groups in total. The Labute approximate surface area is 145 Å². The highest BCUT2D eigenvalue weighted by atomic mass is 15.5. The van der Waals surface area contributed by atoms with Crippen LogP contribution in [0.3, 0.4) is 0 Å². The fourth-order valence-corrected chi connectivity index (χ4v) is 4.04. The Morgan fingerprint density at radius 1 is 0.833 bits per heavy atom. The summed E-state index contributed by atoms with van der Waals surface area (Å²) >= 11 is 0. The maximum Gasteiger partial charge on any atom is 0.0731 e. The summed E-state index contributed by atoms with van der Waals surface area (Å²) in [6.07, 6.45) is 6.54. The Morgan fingerprint density at radius 3 is 2.29 bits per heavy atom. The van der Waals surface area contributed by atoms with Gasteiger partial charge in [0.15, 0.2) is 0 Å². The van der Waals surface area contributed by atoms with E-state index in [4.69, 9.17) is 0 Å². The molecule has 126 valence electrons. The highest BCUT2D eigenvalue weighted by Gasteiger charge is 2.25. The molecule has 0 radical (unpaired) electrons. The molecule has 0 saturated carbocycles. The molecule has 0 aromatic heterocycles. The fraction of sp³-hybridized carbons (Fsp3) is 0.429. The van der Waals surface area contributed by atoms with Gasteiger partial charge in [0.2, 0.25) is 0 Å². The zero-order valence-electron chi connectivity index (χ0n) is 14.2. The molecule has 3 heteroatoms. The zero-order valence-corrected chi connectivity index (χ0v) is 14.2. The third-order valence-electron chi connectivity index (χ3n) is 5.35. The van der Waals surface area contributed by atoms with E-state index in [1.54, 1.807) is 0 Å². The number of fused-ring (bicyclic) bond motifs is 1. The van der Waals surface area contributed by atoms with Crippen LogP contribution in [0.15, 0.2) is 54.6 Å². The SMILES string of the molecule is c1ccc(CN2CCCCC2NNC2Cc3ccccc3C2)cc1. The van der Waals surface area contributed by atoms with E-state index in [1.165, 1.54) is 42.5 Å². The van der Waals surface area contributed by atoms with Gasteiger partial charge in [0, 0.05) is 19.1 Å². The van der Waals surface area contributed by atoms with Gasteiger partial charge in [0.1, 0.15) is 0 Å². The van der Waals surface area contributed by atoms with Crippen molar-refractivity contribution in [2.24, 2.45) is 0 Å². The van der Waals surface area contributed by atoms with Gasteiger partial charge < -0.3 is 0 Å². The Bertz CT molecular complexity index is 630. The van der Waals surface area contributed by atoms with E-state index in [0.717, 1.165) is 19.4 Å². The number of nitrogens with zero attached hydrogens (tertiary/aromatic N) is 1. The second kappa shape index (κ2) is 7.47. The first-order valence-electron chi connectivity index (χ1n) is 9.24. The van der Waals surface area contributed by atoms with Gasteiger partial charge in [-0.2, -0.15) is 0 Å². The number of nitrogens with one attached hydrogen (secondary N) is 2. The number of benzene rings is 2. The summed E-state index contributed by atoms with van der Waals surface area (Å²) < 4.78 is 0. The van der Waals surface area contributed by atoms with Gasteiger partial charge in [-0.3, -0.25) is 10.3 Å². The quantitative estimate of drug-likeness (QED) is 0.828. The lowest BCUT2D eigenvalue weighted by Crippen LogP contribution is -2.55. The van der Waals surface area contributed by atoms with Gasteiger partial charge in [0.25, 0.3) is 0 Å². The summed E-state index contributed by atoms with van der Waals surface area (Å²) in [6.45, 7) is 2.21. The summed E-state index contributed by atoms with van der Waals surface area (Å²) in [5, 5.41) is 0. The molecule has 0 spiro atoms. The highest BCUT2D eigenvalue weighted by molar-refractivity contribution is 5.33. The number of rotatable bonds is 5. The average Bonchev–Trinajstić information content (AvgIpc) is 3.05. The van der Waals surface area contributed by atoms with Crippen LogP contribution in [0, 0.1) is 0 Å². The molecule has 0 amide bonds. The molecule has 2 aliphatic rings. The first-order chi connectivity index (χ1) is 11.9. The van der Waals surface area contributed by atoms with Gasteiger partial charge in [0.05, 0.1) is 6.17 Å². The lowest BCUT2D eigenvalue weighted by molar-refractivity contribution is 0.0952. The molecular formula is C21H27N3. The normalized spacial score (nSPS) is 21.8. The molecule has 1 heterocycles. The molecule has 1 atom stereocenters. The third kappa shape index (κ3) is 3.69. The van der Waals surface area contributed by atoms with Gasteiger partial charge in [-0.05, 0) is 48.8 Å². The van der Waals surface area contributed by atoms with Gasteiger partial charge in [-0.1, -0.05) is 54.6 Å². The van der Waals surface area contributed by atoms with Crippen LogP contribution in [0.5, 0.6) is 0 Å². The summed E-state index contributed by atoms with van der Waals surface area (Å²) in [6, 6.07) is 20.2. The van der Waals surface area contributed by atoms with Crippen LogP contribution >= 0.6 is 0 Å².